The molecule has 0 nitrogen and oxygen atoms in total. The maximum atomic E-state index is 5.91. The van der Waals surface area contributed by atoms with E-state index in [1.165, 1.54) is 12.8 Å². The number of hydrogen-bond donors (Lipinski definition) is 1. The predicted molar refractivity (Wildman–Crippen MR) is 47.6 cm³/mol. The summed E-state index contributed by atoms with van der Waals surface area (Å²) in [6.45, 7) is 2.18. The fourth-order valence-electron chi connectivity index (χ4n) is 0.710. The Morgan fingerprint density at radius 2 is 2.11 bits per heavy atom. The van der Waals surface area contributed by atoms with Crippen molar-refractivity contribution in [2.45, 2.75) is 38.0 Å². The van der Waals surface area contributed by atoms with Gasteiger partial charge in [0.15, 0.2) is 0 Å². The fraction of sp³-hybridized carbons (Fsp3) is 1.00. The summed E-state index contributed by atoms with van der Waals surface area (Å²) >= 11 is 10.0. The highest BCUT2D eigenvalue weighted by Gasteiger charge is 2.00. The van der Waals surface area contributed by atoms with Gasteiger partial charge in [0.2, 0.25) is 0 Å². The third-order valence-electron chi connectivity index (χ3n) is 1.31. The highest BCUT2D eigenvalue weighted by molar-refractivity contribution is 7.80. The highest BCUT2D eigenvalue weighted by atomic mass is 35.5. The molecule has 0 aromatic heterocycles. The number of unbranched alkanes of at least 4 members (excludes halogenated alkanes) is 1. The molecule has 0 aromatic carbocycles. The quantitative estimate of drug-likeness (QED) is 0.471. The van der Waals surface area contributed by atoms with Crippen molar-refractivity contribution in [3.05, 3.63) is 0 Å². The van der Waals surface area contributed by atoms with Crippen molar-refractivity contribution in [3.63, 3.8) is 0 Å². The lowest BCUT2D eigenvalue weighted by Crippen LogP contribution is -1.98. The van der Waals surface area contributed by atoms with Crippen LogP contribution in [-0.2, 0) is 0 Å². The second-order valence-corrected chi connectivity index (χ2v) is 3.32. The lowest BCUT2D eigenvalue weighted by Gasteiger charge is -2.04. The van der Waals surface area contributed by atoms with E-state index in [0.29, 0.717) is 5.38 Å². The molecule has 1 unspecified atom stereocenters. The topological polar surface area (TPSA) is 0 Å². The van der Waals surface area contributed by atoms with Gasteiger partial charge in [-0.3, -0.25) is 0 Å². The van der Waals surface area contributed by atoms with Crippen LogP contribution in [0.3, 0.4) is 0 Å². The van der Waals surface area contributed by atoms with Gasteiger partial charge in [-0.2, -0.15) is 12.6 Å². The largest absolute Gasteiger partial charge is 0.179 e. The summed E-state index contributed by atoms with van der Waals surface area (Å²) < 4.78 is 0. The molecule has 9 heavy (non-hydrogen) atoms. The van der Waals surface area contributed by atoms with Crippen molar-refractivity contribution in [1.82, 2.24) is 0 Å². The maximum absolute atomic E-state index is 5.91. The van der Waals surface area contributed by atoms with Gasteiger partial charge in [0.05, 0.1) is 0 Å². The van der Waals surface area contributed by atoms with Crippen LogP contribution in [0.15, 0.2) is 0 Å². The lowest BCUT2D eigenvalue weighted by atomic mass is 10.2. The zero-order chi connectivity index (χ0) is 7.11. The van der Waals surface area contributed by atoms with Crippen molar-refractivity contribution in [2.75, 3.05) is 5.75 Å². The van der Waals surface area contributed by atoms with Gasteiger partial charge in [-0.05, 0) is 18.6 Å². The zero-order valence-corrected chi connectivity index (χ0v) is 7.59. The van der Waals surface area contributed by atoms with E-state index >= 15 is 0 Å². The average Bonchev–Trinajstić information content (AvgIpc) is 1.85. The minimum atomic E-state index is 0.363. The van der Waals surface area contributed by atoms with Crippen LogP contribution in [0.5, 0.6) is 0 Å². The summed E-state index contributed by atoms with van der Waals surface area (Å²) in [6, 6.07) is 0. The molecule has 0 N–H and O–H groups in total. The normalized spacial score (nSPS) is 13.7. The summed E-state index contributed by atoms with van der Waals surface area (Å²) in [4.78, 5) is 0. The molecular formula is C7H15ClS. The van der Waals surface area contributed by atoms with Gasteiger partial charge in [0, 0.05) is 5.38 Å². The summed E-state index contributed by atoms with van der Waals surface area (Å²) in [6.07, 6.45) is 4.70. The first-order valence-corrected chi connectivity index (χ1v) is 4.63. The molecule has 0 saturated heterocycles. The van der Waals surface area contributed by atoms with Crippen molar-refractivity contribution in [3.8, 4) is 0 Å². The van der Waals surface area contributed by atoms with E-state index in [4.69, 9.17) is 11.6 Å². The number of alkyl halides is 1. The third-order valence-corrected chi connectivity index (χ3v) is 2.01. The molecule has 0 heterocycles. The molecule has 56 valence electrons. The standard InChI is InChI=1S/C7H15ClS/c1-2-3-4-7(8)5-6-9/h7,9H,2-6H2,1H3. The zero-order valence-electron chi connectivity index (χ0n) is 5.94. The molecule has 0 saturated carbocycles. The summed E-state index contributed by atoms with van der Waals surface area (Å²) in [5.41, 5.74) is 0. The summed E-state index contributed by atoms with van der Waals surface area (Å²) in [5.74, 6) is 0.915. The number of rotatable bonds is 5. The van der Waals surface area contributed by atoms with E-state index in [0.717, 1.165) is 18.6 Å². The van der Waals surface area contributed by atoms with Gasteiger partial charge in [-0.25, -0.2) is 0 Å². The van der Waals surface area contributed by atoms with E-state index in [1.807, 2.05) is 0 Å². The molecule has 0 rings (SSSR count). The molecule has 1 atom stereocenters. The van der Waals surface area contributed by atoms with Crippen LogP contribution in [0.4, 0.5) is 0 Å². The lowest BCUT2D eigenvalue weighted by molar-refractivity contribution is 0.667. The molecule has 0 aliphatic rings. The average molecular weight is 167 g/mol. The van der Waals surface area contributed by atoms with E-state index in [9.17, 15) is 0 Å². The first kappa shape index (κ1) is 9.64. The van der Waals surface area contributed by atoms with Gasteiger partial charge in [-0.15, -0.1) is 11.6 Å². The second-order valence-electron chi connectivity index (χ2n) is 2.25. The molecule has 0 aromatic rings. The summed E-state index contributed by atoms with van der Waals surface area (Å²) in [7, 11) is 0. The Kier molecular flexibility index (Phi) is 7.24. The van der Waals surface area contributed by atoms with Gasteiger partial charge in [0.25, 0.3) is 0 Å². The smallest absolute Gasteiger partial charge is 0.0343 e. The van der Waals surface area contributed by atoms with Gasteiger partial charge < -0.3 is 0 Å². The molecule has 2 heteroatoms. The van der Waals surface area contributed by atoms with Gasteiger partial charge >= 0.3 is 0 Å². The van der Waals surface area contributed by atoms with Crippen LogP contribution < -0.4 is 0 Å². The highest BCUT2D eigenvalue weighted by Crippen LogP contribution is 2.11. The Bertz CT molecular complexity index is 56.9. The minimum absolute atomic E-state index is 0.363. The van der Waals surface area contributed by atoms with Crippen LogP contribution in [0.25, 0.3) is 0 Å². The van der Waals surface area contributed by atoms with Gasteiger partial charge in [0.1, 0.15) is 0 Å². The maximum Gasteiger partial charge on any atom is 0.0343 e. The molecule has 0 bridgehead atoms. The number of hydrogen-bond acceptors (Lipinski definition) is 1. The van der Waals surface area contributed by atoms with Crippen molar-refractivity contribution in [2.24, 2.45) is 0 Å². The van der Waals surface area contributed by atoms with Crippen LogP contribution in [-0.4, -0.2) is 11.1 Å². The number of thiol groups is 1. The molecule has 0 spiro atoms. The monoisotopic (exact) mass is 166 g/mol. The number of halogens is 1. The Labute approximate surface area is 68.4 Å². The second kappa shape index (κ2) is 6.76. The molecule has 0 radical (unpaired) electrons. The van der Waals surface area contributed by atoms with Crippen LogP contribution in [0.1, 0.15) is 32.6 Å². The molecule has 0 aliphatic carbocycles. The van der Waals surface area contributed by atoms with Crippen molar-refractivity contribution >= 4 is 24.2 Å². The van der Waals surface area contributed by atoms with Crippen molar-refractivity contribution in [1.29, 1.82) is 0 Å². The molecule has 0 fully saturated rings. The SMILES string of the molecule is CCCCC(Cl)CCS. The van der Waals surface area contributed by atoms with E-state index < -0.39 is 0 Å². The fourth-order valence-corrected chi connectivity index (χ4v) is 1.44. The molecule has 0 amide bonds. The van der Waals surface area contributed by atoms with Crippen LogP contribution >= 0.6 is 24.2 Å². The molecular weight excluding hydrogens is 152 g/mol. The van der Waals surface area contributed by atoms with E-state index in [2.05, 4.69) is 19.6 Å². The Morgan fingerprint density at radius 3 is 2.56 bits per heavy atom. The summed E-state index contributed by atoms with van der Waals surface area (Å²) in [5, 5.41) is 0.363. The van der Waals surface area contributed by atoms with Crippen molar-refractivity contribution < 1.29 is 0 Å². The predicted octanol–water partition coefficient (Wildman–Crippen LogP) is 3.10. The first-order chi connectivity index (χ1) is 4.31. The van der Waals surface area contributed by atoms with E-state index in [-0.39, 0.29) is 0 Å². The third kappa shape index (κ3) is 6.53. The van der Waals surface area contributed by atoms with E-state index in [1.54, 1.807) is 0 Å². The van der Waals surface area contributed by atoms with Gasteiger partial charge in [-0.1, -0.05) is 19.8 Å². The minimum Gasteiger partial charge on any atom is -0.179 e. The Balaban J connectivity index is 2.95. The van der Waals surface area contributed by atoms with Crippen LogP contribution in [0, 0.1) is 0 Å². The Morgan fingerprint density at radius 1 is 1.44 bits per heavy atom. The first-order valence-electron chi connectivity index (χ1n) is 3.56. The van der Waals surface area contributed by atoms with Crippen LogP contribution in [0.2, 0.25) is 0 Å². The molecule has 0 aliphatic heterocycles. The Hall–Kier alpha value is 0.640.